The molecule has 0 aromatic carbocycles. The van der Waals surface area contributed by atoms with Crippen molar-refractivity contribution in [2.24, 2.45) is 10.8 Å². The maximum absolute atomic E-state index is 9.48. The Kier molecular flexibility index (Phi) is 3.96. The van der Waals surface area contributed by atoms with Crippen LogP contribution in [0.1, 0.15) is 46.5 Å². The molecule has 1 heterocycles. The standard InChI is InChI=1S/C12H24O2/c1-11(2,3)4-5-12(10-13)6-8-14-9-7-12/h13H,4-10H2,1-3H3. The maximum atomic E-state index is 9.48. The topological polar surface area (TPSA) is 29.5 Å². The summed E-state index contributed by atoms with van der Waals surface area (Å²) in [5, 5.41) is 9.48. The Morgan fingerprint density at radius 2 is 1.79 bits per heavy atom. The van der Waals surface area contributed by atoms with Gasteiger partial charge in [0.15, 0.2) is 0 Å². The van der Waals surface area contributed by atoms with Gasteiger partial charge in [-0.05, 0) is 36.5 Å². The van der Waals surface area contributed by atoms with Crippen molar-refractivity contribution >= 4 is 0 Å². The van der Waals surface area contributed by atoms with Crippen molar-refractivity contribution in [2.75, 3.05) is 19.8 Å². The first-order valence-corrected chi connectivity index (χ1v) is 5.66. The lowest BCUT2D eigenvalue weighted by Gasteiger charge is -2.37. The Labute approximate surface area is 87.7 Å². The second-order valence-corrected chi connectivity index (χ2v) is 5.83. The molecule has 2 heteroatoms. The molecule has 0 radical (unpaired) electrons. The molecule has 0 amide bonds. The monoisotopic (exact) mass is 200 g/mol. The van der Waals surface area contributed by atoms with Gasteiger partial charge >= 0.3 is 0 Å². The van der Waals surface area contributed by atoms with E-state index >= 15 is 0 Å². The first-order valence-electron chi connectivity index (χ1n) is 5.66. The number of aliphatic hydroxyl groups excluding tert-OH is 1. The van der Waals surface area contributed by atoms with Crippen LogP contribution in [0.5, 0.6) is 0 Å². The molecule has 1 N–H and O–H groups in total. The van der Waals surface area contributed by atoms with Crippen LogP contribution in [-0.4, -0.2) is 24.9 Å². The molecule has 84 valence electrons. The molecule has 1 rings (SSSR count). The van der Waals surface area contributed by atoms with E-state index in [4.69, 9.17) is 4.74 Å². The molecular formula is C12H24O2. The van der Waals surface area contributed by atoms with Gasteiger partial charge < -0.3 is 9.84 Å². The summed E-state index contributed by atoms with van der Waals surface area (Å²) in [6.45, 7) is 8.76. The number of rotatable bonds is 3. The second kappa shape index (κ2) is 4.63. The minimum Gasteiger partial charge on any atom is -0.396 e. The third-order valence-corrected chi connectivity index (χ3v) is 3.29. The highest BCUT2D eigenvalue weighted by Crippen LogP contribution is 2.38. The van der Waals surface area contributed by atoms with Crippen LogP contribution in [0.2, 0.25) is 0 Å². The SMILES string of the molecule is CC(C)(C)CCC1(CO)CCOCC1. The molecule has 0 aromatic heterocycles. The van der Waals surface area contributed by atoms with Crippen molar-refractivity contribution in [1.29, 1.82) is 0 Å². The predicted octanol–water partition coefficient (Wildman–Crippen LogP) is 2.60. The normalized spacial score (nSPS) is 22.3. The average molecular weight is 200 g/mol. The Hall–Kier alpha value is -0.0800. The Balaban J connectivity index is 2.44. The largest absolute Gasteiger partial charge is 0.396 e. The summed E-state index contributed by atoms with van der Waals surface area (Å²) in [6, 6.07) is 0. The molecule has 1 fully saturated rings. The lowest BCUT2D eigenvalue weighted by molar-refractivity contribution is -0.0255. The van der Waals surface area contributed by atoms with Gasteiger partial charge in [0.1, 0.15) is 0 Å². The van der Waals surface area contributed by atoms with E-state index in [0.29, 0.717) is 12.0 Å². The van der Waals surface area contributed by atoms with Gasteiger partial charge in [-0.25, -0.2) is 0 Å². The zero-order valence-electron chi connectivity index (χ0n) is 9.81. The molecule has 1 saturated heterocycles. The van der Waals surface area contributed by atoms with Crippen LogP contribution in [-0.2, 0) is 4.74 Å². The summed E-state index contributed by atoms with van der Waals surface area (Å²) in [6.07, 6.45) is 4.38. The van der Waals surface area contributed by atoms with E-state index in [1.54, 1.807) is 0 Å². The molecule has 0 bridgehead atoms. The molecule has 0 atom stereocenters. The minimum absolute atomic E-state index is 0.158. The maximum Gasteiger partial charge on any atom is 0.0489 e. The molecule has 0 spiro atoms. The molecule has 0 aromatic rings. The minimum atomic E-state index is 0.158. The Morgan fingerprint density at radius 3 is 2.21 bits per heavy atom. The van der Waals surface area contributed by atoms with E-state index in [2.05, 4.69) is 20.8 Å². The van der Waals surface area contributed by atoms with Gasteiger partial charge in [-0.2, -0.15) is 0 Å². The van der Waals surface area contributed by atoms with E-state index in [-0.39, 0.29) is 5.41 Å². The quantitative estimate of drug-likeness (QED) is 0.759. The fraction of sp³-hybridized carbons (Fsp3) is 1.00. The first-order chi connectivity index (χ1) is 6.47. The summed E-state index contributed by atoms with van der Waals surface area (Å²) >= 11 is 0. The van der Waals surface area contributed by atoms with Crippen LogP contribution >= 0.6 is 0 Å². The van der Waals surface area contributed by atoms with Crippen molar-refractivity contribution in [3.8, 4) is 0 Å². The van der Waals surface area contributed by atoms with Gasteiger partial charge in [-0.1, -0.05) is 20.8 Å². The van der Waals surface area contributed by atoms with E-state index in [1.807, 2.05) is 0 Å². The number of hydrogen-bond donors (Lipinski definition) is 1. The summed E-state index contributed by atoms with van der Waals surface area (Å²) < 4.78 is 5.35. The van der Waals surface area contributed by atoms with Gasteiger partial charge in [0, 0.05) is 19.8 Å². The third kappa shape index (κ3) is 3.58. The van der Waals surface area contributed by atoms with Gasteiger partial charge in [0.2, 0.25) is 0 Å². The van der Waals surface area contributed by atoms with E-state index in [9.17, 15) is 5.11 Å². The smallest absolute Gasteiger partial charge is 0.0489 e. The third-order valence-electron chi connectivity index (χ3n) is 3.29. The van der Waals surface area contributed by atoms with Crippen LogP contribution in [0.3, 0.4) is 0 Å². The zero-order valence-corrected chi connectivity index (χ0v) is 9.81. The summed E-state index contributed by atoms with van der Waals surface area (Å²) in [5.41, 5.74) is 0.534. The Morgan fingerprint density at radius 1 is 1.21 bits per heavy atom. The van der Waals surface area contributed by atoms with Crippen LogP contribution in [0.25, 0.3) is 0 Å². The molecular weight excluding hydrogens is 176 g/mol. The van der Waals surface area contributed by atoms with Crippen LogP contribution < -0.4 is 0 Å². The van der Waals surface area contributed by atoms with Crippen LogP contribution in [0, 0.1) is 10.8 Å². The lowest BCUT2D eigenvalue weighted by atomic mass is 9.73. The summed E-state index contributed by atoms with van der Waals surface area (Å²) in [4.78, 5) is 0. The molecule has 0 aliphatic carbocycles. The second-order valence-electron chi connectivity index (χ2n) is 5.83. The molecule has 0 unspecified atom stereocenters. The average Bonchev–Trinajstić information content (AvgIpc) is 2.15. The van der Waals surface area contributed by atoms with Gasteiger partial charge in [-0.15, -0.1) is 0 Å². The summed E-state index contributed by atoms with van der Waals surface area (Å²) in [7, 11) is 0. The van der Waals surface area contributed by atoms with Crippen LogP contribution in [0.4, 0.5) is 0 Å². The van der Waals surface area contributed by atoms with Gasteiger partial charge in [0.25, 0.3) is 0 Å². The summed E-state index contributed by atoms with van der Waals surface area (Å²) in [5.74, 6) is 0. The zero-order chi connectivity index (χ0) is 10.7. The number of aliphatic hydroxyl groups is 1. The highest BCUT2D eigenvalue weighted by Gasteiger charge is 2.32. The predicted molar refractivity (Wildman–Crippen MR) is 58.3 cm³/mol. The molecule has 1 aliphatic heterocycles. The van der Waals surface area contributed by atoms with E-state index in [0.717, 1.165) is 32.5 Å². The van der Waals surface area contributed by atoms with Gasteiger partial charge in [0.05, 0.1) is 0 Å². The Bertz CT molecular complexity index is 164. The molecule has 1 aliphatic rings. The van der Waals surface area contributed by atoms with Crippen molar-refractivity contribution in [1.82, 2.24) is 0 Å². The van der Waals surface area contributed by atoms with Crippen LogP contribution in [0.15, 0.2) is 0 Å². The lowest BCUT2D eigenvalue weighted by Crippen LogP contribution is -2.34. The van der Waals surface area contributed by atoms with E-state index in [1.165, 1.54) is 6.42 Å². The van der Waals surface area contributed by atoms with Crippen molar-refractivity contribution in [2.45, 2.75) is 46.5 Å². The van der Waals surface area contributed by atoms with Gasteiger partial charge in [-0.3, -0.25) is 0 Å². The molecule has 2 nitrogen and oxygen atoms in total. The van der Waals surface area contributed by atoms with Crippen molar-refractivity contribution in [3.63, 3.8) is 0 Å². The fourth-order valence-electron chi connectivity index (χ4n) is 1.93. The first kappa shape index (κ1) is 12.0. The number of ether oxygens (including phenoxy) is 1. The molecule has 0 saturated carbocycles. The molecule has 14 heavy (non-hydrogen) atoms. The highest BCUT2D eigenvalue weighted by atomic mass is 16.5. The van der Waals surface area contributed by atoms with Crippen molar-refractivity contribution < 1.29 is 9.84 Å². The highest BCUT2D eigenvalue weighted by molar-refractivity contribution is 4.82. The van der Waals surface area contributed by atoms with Crippen molar-refractivity contribution in [3.05, 3.63) is 0 Å². The van der Waals surface area contributed by atoms with E-state index < -0.39 is 0 Å². The number of hydrogen-bond acceptors (Lipinski definition) is 2. The fourth-order valence-corrected chi connectivity index (χ4v) is 1.93.